The van der Waals surface area contributed by atoms with Crippen LogP contribution in [0.2, 0.25) is 0 Å². The molecule has 19 heavy (non-hydrogen) atoms. The number of ether oxygens (including phenoxy) is 4. The molecule has 0 aromatic rings. The molecule has 0 aromatic heterocycles. The monoisotopic (exact) mass is 310 g/mol. The molecule has 4 saturated heterocycles. The van der Waals surface area contributed by atoms with Gasteiger partial charge >= 0.3 is 0 Å². The normalized spacial score (nSPS) is 36.6. The predicted octanol–water partition coefficient (Wildman–Crippen LogP) is 0.210. The maximum Gasteiger partial charge on any atom is 0.0900 e. The van der Waals surface area contributed by atoms with E-state index in [0.717, 1.165) is 26.4 Å². The largest absolute Gasteiger partial charge is 0.412 e. The molecule has 0 bridgehead atoms. The van der Waals surface area contributed by atoms with Crippen LogP contribution >= 0.6 is 23.5 Å². The highest BCUT2D eigenvalue weighted by Gasteiger charge is 2.26. The predicted molar refractivity (Wildman–Crippen MR) is 77.2 cm³/mol. The maximum atomic E-state index is 5.05. The molecular formula is C12H22O5S2. The van der Waals surface area contributed by atoms with E-state index >= 15 is 0 Å². The Bertz CT molecular complexity index is 203. The van der Waals surface area contributed by atoms with Gasteiger partial charge in [0.15, 0.2) is 0 Å². The minimum Gasteiger partial charge on any atom is -0.412 e. The van der Waals surface area contributed by atoms with Gasteiger partial charge in [-0.3, -0.25) is 0 Å². The molecule has 4 heterocycles. The molecule has 0 aliphatic carbocycles. The zero-order chi connectivity index (χ0) is 12.2. The summed E-state index contributed by atoms with van der Waals surface area (Å²) < 4.78 is 20.2. The molecule has 2 N–H and O–H groups in total. The third-order valence-corrected chi connectivity index (χ3v) is 5.25. The van der Waals surface area contributed by atoms with Gasteiger partial charge in [-0.05, 0) is 0 Å². The Morgan fingerprint density at radius 1 is 0.579 bits per heavy atom. The highest BCUT2D eigenvalue weighted by Crippen LogP contribution is 2.21. The third kappa shape index (κ3) is 8.39. The summed E-state index contributed by atoms with van der Waals surface area (Å²) >= 11 is 3.89. The number of hydrogen-bond acceptors (Lipinski definition) is 6. The van der Waals surface area contributed by atoms with E-state index in [1.54, 1.807) is 0 Å². The van der Waals surface area contributed by atoms with Crippen LogP contribution in [0.25, 0.3) is 0 Å². The smallest absolute Gasteiger partial charge is 0.0900 e. The minimum absolute atomic E-state index is 0. The lowest BCUT2D eigenvalue weighted by Crippen LogP contribution is -1.95. The van der Waals surface area contributed by atoms with E-state index in [9.17, 15) is 0 Å². The first-order valence-corrected chi connectivity index (χ1v) is 8.83. The van der Waals surface area contributed by atoms with E-state index < -0.39 is 0 Å². The number of hydrogen-bond donors (Lipinski definition) is 0. The Morgan fingerprint density at radius 3 is 0.947 bits per heavy atom. The quantitative estimate of drug-likeness (QED) is 0.596. The Labute approximate surface area is 122 Å². The fraction of sp³-hybridized carbons (Fsp3) is 1.00. The van der Waals surface area contributed by atoms with Gasteiger partial charge in [-0.25, -0.2) is 0 Å². The van der Waals surface area contributed by atoms with Crippen LogP contribution in [-0.4, -0.2) is 79.3 Å². The van der Waals surface area contributed by atoms with Crippen molar-refractivity contribution >= 4 is 23.5 Å². The van der Waals surface area contributed by atoms with Crippen molar-refractivity contribution in [2.45, 2.75) is 24.4 Å². The van der Waals surface area contributed by atoms with Crippen LogP contribution in [0.15, 0.2) is 0 Å². The van der Waals surface area contributed by atoms with E-state index in [1.807, 2.05) is 23.5 Å². The van der Waals surface area contributed by atoms with Crippen molar-refractivity contribution in [1.29, 1.82) is 0 Å². The van der Waals surface area contributed by atoms with Crippen LogP contribution in [-0.2, 0) is 18.9 Å². The molecule has 5 nitrogen and oxygen atoms in total. The summed E-state index contributed by atoms with van der Waals surface area (Å²) in [6.45, 7) is 3.94. The maximum absolute atomic E-state index is 5.05. The van der Waals surface area contributed by atoms with Gasteiger partial charge < -0.3 is 24.4 Å². The van der Waals surface area contributed by atoms with Crippen molar-refractivity contribution in [2.75, 3.05) is 49.4 Å². The highest BCUT2D eigenvalue weighted by molar-refractivity contribution is 7.99. The van der Waals surface area contributed by atoms with Crippen molar-refractivity contribution < 1.29 is 24.4 Å². The number of thioether (sulfide) groups is 2. The Balaban J connectivity index is 0.000000133. The van der Waals surface area contributed by atoms with Crippen LogP contribution in [0.4, 0.5) is 0 Å². The fourth-order valence-corrected chi connectivity index (χ4v) is 3.41. The first kappa shape index (κ1) is 15.9. The van der Waals surface area contributed by atoms with E-state index in [1.165, 1.54) is 23.0 Å². The van der Waals surface area contributed by atoms with Gasteiger partial charge in [0.2, 0.25) is 0 Å². The molecule has 0 radical (unpaired) electrons. The van der Waals surface area contributed by atoms with Crippen molar-refractivity contribution in [3.8, 4) is 0 Å². The molecule has 0 saturated carbocycles. The van der Waals surface area contributed by atoms with Gasteiger partial charge in [0.05, 0.1) is 50.8 Å². The van der Waals surface area contributed by atoms with Crippen molar-refractivity contribution in [3.63, 3.8) is 0 Å². The SMILES string of the molecule is C1OC1CSCC1CO1.C1OC1CSCC1CO1.O. The van der Waals surface area contributed by atoms with Gasteiger partial charge in [0, 0.05) is 23.0 Å². The van der Waals surface area contributed by atoms with Crippen LogP contribution in [0, 0.1) is 0 Å². The van der Waals surface area contributed by atoms with E-state index in [4.69, 9.17) is 18.9 Å². The molecular weight excluding hydrogens is 288 g/mol. The second-order valence-corrected chi connectivity index (χ2v) is 7.05. The molecule has 4 aliphatic heterocycles. The summed E-state index contributed by atoms with van der Waals surface area (Å²) in [4.78, 5) is 0. The van der Waals surface area contributed by atoms with Crippen LogP contribution in [0.3, 0.4) is 0 Å². The molecule has 0 amide bonds. The summed E-state index contributed by atoms with van der Waals surface area (Å²) in [6.07, 6.45) is 2.31. The molecule has 4 atom stereocenters. The standard InChI is InChI=1S/2C6H10O2S.H2O/c2*1-5(7-1)3-9-4-6-2-8-6;/h2*5-6H,1-4H2;1H2. The second kappa shape index (κ2) is 8.07. The summed E-state index contributed by atoms with van der Waals surface area (Å²) in [5, 5.41) is 0. The van der Waals surface area contributed by atoms with E-state index in [-0.39, 0.29) is 5.48 Å². The Kier molecular flexibility index (Phi) is 6.74. The van der Waals surface area contributed by atoms with E-state index in [2.05, 4.69) is 0 Å². The average Bonchev–Trinajstić information content (AvgIpc) is 3.21. The second-order valence-electron chi connectivity index (χ2n) is 4.90. The molecule has 112 valence electrons. The summed E-state index contributed by atoms with van der Waals surface area (Å²) in [5.74, 6) is 4.67. The lowest BCUT2D eigenvalue weighted by Gasteiger charge is -1.91. The topological polar surface area (TPSA) is 81.6 Å². The molecule has 4 aliphatic rings. The number of epoxide rings is 4. The highest BCUT2D eigenvalue weighted by atomic mass is 32.2. The number of rotatable bonds is 8. The minimum atomic E-state index is 0. The van der Waals surface area contributed by atoms with Crippen LogP contribution in [0.1, 0.15) is 0 Å². The molecule has 7 heteroatoms. The zero-order valence-corrected chi connectivity index (χ0v) is 12.5. The Morgan fingerprint density at radius 2 is 0.789 bits per heavy atom. The first-order chi connectivity index (χ1) is 8.90. The van der Waals surface area contributed by atoms with Crippen molar-refractivity contribution in [1.82, 2.24) is 0 Å². The van der Waals surface area contributed by atoms with Crippen molar-refractivity contribution in [2.24, 2.45) is 0 Å². The first-order valence-electron chi connectivity index (χ1n) is 6.52. The summed E-state index contributed by atoms with van der Waals surface area (Å²) in [7, 11) is 0. The Hall–Kier alpha value is 0.500. The molecule has 4 unspecified atom stereocenters. The van der Waals surface area contributed by atoms with Crippen LogP contribution in [0.5, 0.6) is 0 Å². The zero-order valence-electron chi connectivity index (χ0n) is 10.9. The van der Waals surface area contributed by atoms with Gasteiger partial charge in [0.25, 0.3) is 0 Å². The van der Waals surface area contributed by atoms with Gasteiger partial charge in [-0.2, -0.15) is 23.5 Å². The third-order valence-electron chi connectivity index (χ3n) is 2.82. The molecule has 4 rings (SSSR count). The molecule has 0 spiro atoms. The van der Waals surface area contributed by atoms with Crippen molar-refractivity contribution in [3.05, 3.63) is 0 Å². The fourth-order valence-electron chi connectivity index (χ4n) is 1.32. The lowest BCUT2D eigenvalue weighted by atomic mass is 10.6. The van der Waals surface area contributed by atoms with Gasteiger partial charge in [-0.15, -0.1) is 0 Å². The lowest BCUT2D eigenvalue weighted by molar-refractivity contribution is 0.422. The average molecular weight is 310 g/mol. The molecule has 0 aromatic carbocycles. The van der Waals surface area contributed by atoms with Gasteiger partial charge in [0.1, 0.15) is 0 Å². The summed E-state index contributed by atoms with van der Waals surface area (Å²) in [6, 6.07) is 0. The summed E-state index contributed by atoms with van der Waals surface area (Å²) in [5.41, 5.74) is 0. The molecule has 4 fully saturated rings. The van der Waals surface area contributed by atoms with Crippen LogP contribution < -0.4 is 0 Å². The van der Waals surface area contributed by atoms with Gasteiger partial charge in [-0.1, -0.05) is 0 Å². The van der Waals surface area contributed by atoms with E-state index in [0.29, 0.717) is 24.4 Å².